The van der Waals surface area contributed by atoms with Gasteiger partial charge in [-0.05, 0) is 53.4 Å². The zero-order chi connectivity index (χ0) is 19.8. The number of aromatic amines is 1. The number of amides is 1. The highest BCUT2D eigenvalue weighted by atomic mass is 19.1. The molecule has 0 saturated carbocycles. The monoisotopic (exact) mass is 390 g/mol. The van der Waals surface area contributed by atoms with Crippen molar-refractivity contribution in [3.63, 3.8) is 0 Å². The summed E-state index contributed by atoms with van der Waals surface area (Å²) in [6.45, 7) is 3.39. The number of likely N-dealkylation sites (tertiary alicyclic amines) is 2. The standard InChI is InChI=1S/C23H23FN4O/c24-19-4-1-3-17(11-19)22-20-15-27(12-16-6-9-25-10-7-16)13-18(20)14-28(22)23(29)21-5-2-8-26-21/h1-11,18,20,22,26H,12-15H2/t18-,20-,22+/m0/s1. The van der Waals surface area contributed by atoms with E-state index in [4.69, 9.17) is 0 Å². The first-order chi connectivity index (χ1) is 14.2. The molecule has 0 radical (unpaired) electrons. The molecule has 2 saturated heterocycles. The maximum atomic E-state index is 14.0. The fourth-order valence-electron chi connectivity index (χ4n) is 4.96. The van der Waals surface area contributed by atoms with Gasteiger partial charge in [0.25, 0.3) is 5.91 Å². The molecule has 3 atom stereocenters. The highest BCUT2D eigenvalue weighted by Crippen LogP contribution is 2.45. The molecule has 2 aromatic heterocycles. The zero-order valence-electron chi connectivity index (χ0n) is 16.0. The molecule has 2 fully saturated rings. The van der Waals surface area contributed by atoms with Crippen LogP contribution in [-0.2, 0) is 6.54 Å². The van der Waals surface area contributed by atoms with Crippen molar-refractivity contribution in [3.05, 3.63) is 89.8 Å². The predicted octanol–water partition coefficient (Wildman–Crippen LogP) is 3.49. The highest BCUT2D eigenvalue weighted by molar-refractivity contribution is 5.93. The van der Waals surface area contributed by atoms with Crippen LogP contribution in [0.5, 0.6) is 0 Å². The largest absolute Gasteiger partial charge is 0.357 e. The molecular weight excluding hydrogens is 367 g/mol. The number of carbonyl (C=O) groups is 1. The number of halogens is 1. The summed E-state index contributed by atoms with van der Waals surface area (Å²) in [5.74, 6) is 0.394. The van der Waals surface area contributed by atoms with Crippen molar-refractivity contribution in [1.29, 1.82) is 0 Å². The zero-order valence-corrected chi connectivity index (χ0v) is 16.0. The maximum Gasteiger partial charge on any atom is 0.270 e. The third kappa shape index (κ3) is 3.44. The fourth-order valence-corrected chi connectivity index (χ4v) is 4.96. The third-order valence-electron chi connectivity index (χ3n) is 6.17. The van der Waals surface area contributed by atoms with Crippen LogP contribution in [0.25, 0.3) is 0 Å². The van der Waals surface area contributed by atoms with Gasteiger partial charge in [-0.2, -0.15) is 0 Å². The number of benzene rings is 1. The molecule has 29 heavy (non-hydrogen) atoms. The first kappa shape index (κ1) is 18.1. The van der Waals surface area contributed by atoms with Gasteiger partial charge in [-0.15, -0.1) is 0 Å². The van der Waals surface area contributed by atoms with Crippen molar-refractivity contribution < 1.29 is 9.18 Å². The number of nitrogens with zero attached hydrogens (tertiary/aromatic N) is 3. The van der Waals surface area contributed by atoms with Crippen LogP contribution in [0.15, 0.2) is 67.1 Å². The molecule has 0 spiro atoms. The van der Waals surface area contributed by atoms with Crippen LogP contribution in [0.2, 0.25) is 0 Å². The summed E-state index contributed by atoms with van der Waals surface area (Å²) in [5, 5.41) is 0. The molecular formula is C23H23FN4O. The van der Waals surface area contributed by atoms with E-state index in [2.05, 4.69) is 14.9 Å². The van der Waals surface area contributed by atoms with Crippen molar-refractivity contribution in [2.75, 3.05) is 19.6 Å². The maximum absolute atomic E-state index is 14.0. The topological polar surface area (TPSA) is 52.2 Å². The van der Waals surface area contributed by atoms with E-state index in [1.165, 1.54) is 11.6 Å². The lowest BCUT2D eigenvalue weighted by atomic mass is 9.89. The van der Waals surface area contributed by atoms with Crippen molar-refractivity contribution in [2.45, 2.75) is 12.6 Å². The molecule has 4 heterocycles. The van der Waals surface area contributed by atoms with E-state index in [0.29, 0.717) is 18.2 Å². The molecule has 1 aromatic carbocycles. The summed E-state index contributed by atoms with van der Waals surface area (Å²) in [5.41, 5.74) is 2.70. The molecule has 5 nitrogen and oxygen atoms in total. The fraction of sp³-hybridized carbons (Fsp3) is 0.304. The smallest absolute Gasteiger partial charge is 0.270 e. The van der Waals surface area contributed by atoms with Gasteiger partial charge in [0.2, 0.25) is 0 Å². The Labute approximate surface area is 169 Å². The second kappa shape index (κ2) is 7.44. The molecule has 0 unspecified atom stereocenters. The Morgan fingerprint density at radius 1 is 1.10 bits per heavy atom. The molecule has 3 aromatic rings. The third-order valence-corrected chi connectivity index (χ3v) is 6.17. The Bertz CT molecular complexity index is 991. The van der Waals surface area contributed by atoms with Gasteiger partial charge in [0.15, 0.2) is 0 Å². The number of aromatic nitrogens is 2. The normalized spacial score (nSPS) is 24.0. The summed E-state index contributed by atoms with van der Waals surface area (Å²) in [7, 11) is 0. The second-order valence-electron chi connectivity index (χ2n) is 8.01. The van der Waals surface area contributed by atoms with Crippen LogP contribution in [0.3, 0.4) is 0 Å². The SMILES string of the molecule is O=C(c1ccc[nH]1)N1C[C@@H]2CN(Cc3ccncc3)C[C@@H]2[C@H]1c1cccc(F)c1. The molecule has 2 aliphatic heterocycles. The molecule has 6 heteroatoms. The van der Waals surface area contributed by atoms with E-state index in [9.17, 15) is 9.18 Å². The van der Waals surface area contributed by atoms with Crippen molar-refractivity contribution in [1.82, 2.24) is 19.8 Å². The Kier molecular flexibility index (Phi) is 4.64. The van der Waals surface area contributed by atoms with E-state index in [-0.39, 0.29) is 23.7 Å². The molecule has 0 bridgehead atoms. The minimum atomic E-state index is -0.259. The Hall–Kier alpha value is -2.99. The lowest BCUT2D eigenvalue weighted by Crippen LogP contribution is -2.35. The summed E-state index contributed by atoms with van der Waals surface area (Å²) >= 11 is 0. The molecule has 0 aliphatic carbocycles. The lowest BCUT2D eigenvalue weighted by molar-refractivity contribution is 0.0694. The summed E-state index contributed by atoms with van der Waals surface area (Å²) in [6, 6.07) is 14.3. The van der Waals surface area contributed by atoms with Crippen LogP contribution in [0.4, 0.5) is 4.39 Å². The van der Waals surface area contributed by atoms with Gasteiger partial charge in [0, 0.05) is 50.7 Å². The van der Waals surface area contributed by atoms with Crippen molar-refractivity contribution in [3.8, 4) is 0 Å². The Morgan fingerprint density at radius 2 is 1.97 bits per heavy atom. The summed E-state index contributed by atoms with van der Waals surface area (Å²) < 4.78 is 14.0. The van der Waals surface area contributed by atoms with Gasteiger partial charge in [-0.1, -0.05) is 12.1 Å². The molecule has 1 N–H and O–H groups in total. The number of nitrogens with one attached hydrogen (secondary N) is 1. The van der Waals surface area contributed by atoms with Crippen molar-refractivity contribution in [2.24, 2.45) is 11.8 Å². The summed E-state index contributed by atoms with van der Waals surface area (Å²) in [6.07, 6.45) is 5.40. The van der Waals surface area contributed by atoms with Gasteiger partial charge >= 0.3 is 0 Å². The number of carbonyl (C=O) groups excluding carboxylic acids is 1. The second-order valence-corrected chi connectivity index (χ2v) is 8.01. The van der Waals surface area contributed by atoms with E-state index in [1.54, 1.807) is 24.4 Å². The predicted molar refractivity (Wildman–Crippen MR) is 107 cm³/mol. The average molecular weight is 390 g/mol. The van der Waals surface area contributed by atoms with Gasteiger partial charge in [-0.25, -0.2) is 4.39 Å². The number of hydrogen-bond acceptors (Lipinski definition) is 3. The number of H-pyrrole nitrogens is 1. The average Bonchev–Trinajstić information content (AvgIpc) is 3.44. The molecule has 1 amide bonds. The first-order valence-electron chi connectivity index (χ1n) is 10.00. The van der Waals surface area contributed by atoms with Gasteiger partial charge < -0.3 is 9.88 Å². The summed E-state index contributed by atoms with van der Waals surface area (Å²) in [4.78, 5) is 24.6. The van der Waals surface area contributed by atoms with E-state index < -0.39 is 0 Å². The Balaban J connectivity index is 1.42. The van der Waals surface area contributed by atoms with Crippen LogP contribution in [0, 0.1) is 17.7 Å². The van der Waals surface area contributed by atoms with Crippen LogP contribution in [-0.4, -0.2) is 45.3 Å². The van der Waals surface area contributed by atoms with E-state index >= 15 is 0 Å². The van der Waals surface area contributed by atoms with Crippen LogP contribution >= 0.6 is 0 Å². The highest BCUT2D eigenvalue weighted by Gasteiger charge is 2.49. The number of fused-ring (bicyclic) bond motifs is 1. The number of rotatable bonds is 4. The molecule has 148 valence electrons. The minimum absolute atomic E-state index is 0.0145. The minimum Gasteiger partial charge on any atom is -0.357 e. The van der Waals surface area contributed by atoms with Gasteiger partial charge in [0.05, 0.1) is 6.04 Å². The Morgan fingerprint density at radius 3 is 2.72 bits per heavy atom. The number of pyridine rings is 1. The number of hydrogen-bond donors (Lipinski definition) is 1. The molecule has 5 rings (SSSR count). The van der Waals surface area contributed by atoms with E-state index in [1.807, 2.05) is 41.6 Å². The quantitative estimate of drug-likeness (QED) is 0.742. The van der Waals surface area contributed by atoms with E-state index in [0.717, 1.165) is 25.2 Å². The first-order valence-corrected chi connectivity index (χ1v) is 10.00. The van der Waals surface area contributed by atoms with Gasteiger partial charge in [0.1, 0.15) is 11.5 Å². The van der Waals surface area contributed by atoms with Crippen LogP contribution in [0.1, 0.15) is 27.7 Å². The molecule has 2 aliphatic rings. The van der Waals surface area contributed by atoms with Gasteiger partial charge in [-0.3, -0.25) is 14.7 Å². The van der Waals surface area contributed by atoms with Crippen molar-refractivity contribution >= 4 is 5.91 Å². The van der Waals surface area contributed by atoms with Crippen LogP contribution < -0.4 is 0 Å². The lowest BCUT2D eigenvalue weighted by Gasteiger charge is -2.30.